The molecule has 9 nitrogen and oxygen atoms in total. The highest BCUT2D eigenvalue weighted by molar-refractivity contribution is 6.03. The number of carboxylic acid groups (broad SMARTS) is 1. The quantitative estimate of drug-likeness (QED) is 0.503. The van der Waals surface area contributed by atoms with Crippen LogP contribution in [0.1, 0.15) is 39.7 Å². The van der Waals surface area contributed by atoms with E-state index in [0.29, 0.717) is 5.69 Å². The van der Waals surface area contributed by atoms with E-state index >= 15 is 0 Å². The van der Waals surface area contributed by atoms with Crippen LogP contribution < -0.4 is 4.90 Å². The van der Waals surface area contributed by atoms with Gasteiger partial charge in [-0.1, -0.05) is 32.0 Å². The number of anilines is 1. The van der Waals surface area contributed by atoms with Crippen molar-refractivity contribution in [3.8, 4) is 0 Å². The summed E-state index contributed by atoms with van der Waals surface area (Å²) in [7, 11) is 0. The summed E-state index contributed by atoms with van der Waals surface area (Å²) in [6.07, 6.45) is -1.69. The fourth-order valence-corrected chi connectivity index (χ4v) is 3.41. The lowest BCUT2D eigenvalue weighted by molar-refractivity contribution is -0.172. The number of fused-ring (bicyclic) bond motifs is 1. The maximum absolute atomic E-state index is 13.0. The Morgan fingerprint density at radius 2 is 1.77 bits per heavy atom. The fourth-order valence-electron chi connectivity index (χ4n) is 3.41. The van der Waals surface area contributed by atoms with Gasteiger partial charge in [0.25, 0.3) is 0 Å². The first-order valence-corrected chi connectivity index (χ1v) is 9.83. The van der Waals surface area contributed by atoms with Gasteiger partial charge in [-0.3, -0.25) is 14.5 Å². The van der Waals surface area contributed by atoms with Crippen LogP contribution in [0, 0.1) is 11.8 Å². The molecule has 2 rings (SSSR count). The average Bonchev–Trinajstić information content (AvgIpc) is 3.07. The lowest BCUT2D eigenvalue weighted by Crippen LogP contribution is -2.45. The van der Waals surface area contributed by atoms with Gasteiger partial charge >= 0.3 is 18.1 Å². The zero-order valence-corrected chi connectivity index (χ0v) is 17.5. The highest BCUT2D eigenvalue weighted by Gasteiger charge is 2.40. The number of aliphatic carboxylic acids is 1. The maximum atomic E-state index is 13.0. The third-order valence-electron chi connectivity index (χ3n) is 4.84. The molecule has 1 N–H and O–H groups in total. The van der Waals surface area contributed by atoms with E-state index in [0.717, 1.165) is 5.56 Å². The van der Waals surface area contributed by atoms with Gasteiger partial charge in [0.2, 0.25) is 12.2 Å². The third kappa shape index (κ3) is 5.49. The Hall–Kier alpha value is -3.10. The molecule has 4 atom stereocenters. The SMILES string of the molecule is CCOC(=O)OC(C)OC(=O)[C@H](C)C[C@@H](C)C(=O)N1c2ccccc2C[C@H]1C(=O)O. The first kappa shape index (κ1) is 23.2. The Morgan fingerprint density at radius 3 is 2.40 bits per heavy atom. The van der Waals surface area contributed by atoms with Crippen LogP contribution in [0.15, 0.2) is 24.3 Å². The molecule has 0 spiro atoms. The van der Waals surface area contributed by atoms with Gasteiger partial charge in [-0.2, -0.15) is 0 Å². The van der Waals surface area contributed by atoms with Crippen molar-refractivity contribution < 1.29 is 38.5 Å². The number of hydrogen-bond donors (Lipinski definition) is 1. The zero-order valence-electron chi connectivity index (χ0n) is 17.5. The number of amides is 1. The summed E-state index contributed by atoms with van der Waals surface area (Å²) < 4.78 is 14.5. The van der Waals surface area contributed by atoms with E-state index in [2.05, 4.69) is 4.74 Å². The van der Waals surface area contributed by atoms with Crippen molar-refractivity contribution >= 4 is 29.7 Å². The van der Waals surface area contributed by atoms with E-state index in [-0.39, 0.29) is 25.4 Å². The number of carbonyl (C=O) groups excluding carboxylic acids is 3. The second-order valence-corrected chi connectivity index (χ2v) is 7.24. The molecule has 1 aliphatic heterocycles. The number of carboxylic acids is 1. The van der Waals surface area contributed by atoms with Crippen LogP contribution in [0.5, 0.6) is 0 Å². The fraction of sp³-hybridized carbons (Fsp3) is 0.524. The molecular weight excluding hydrogens is 394 g/mol. The van der Waals surface area contributed by atoms with Crippen LogP contribution in [-0.2, 0) is 35.0 Å². The van der Waals surface area contributed by atoms with Gasteiger partial charge < -0.3 is 19.3 Å². The molecule has 9 heteroatoms. The molecule has 1 heterocycles. The monoisotopic (exact) mass is 421 g/mol. The average molecular weight is 421 g/mol. The van der Waals surface area contributed by atoms with Crippen molar-refractivity contribution in [1.82, 2.24) is 0 Å². The molecule has 164 valence electrons. The van der Waals surface area contributed by atoms with Crippen LogP contribution in [-0.4, -0.2) is 48.0 Å². The van der Waals surface area contributed by atoms with Crippen LogP contribution >= 0.6 is 0 Å². The number of rotatable bonds is 8. The summed E-state index contributed by atoms with van der Waals surface area (Å²) in [4.78, 5) is 49.6. The first-order chi connectivity index (χ1) is 14.1. The van der Waals surface area contributed by atoms with Gasteiger partial charge in [-0.05, 0) is 25.0 Å². The van der Waals surface area contributed by atoms with Gasteiger partial charge in [0.05, 0.1) is 12.5 Å². The molecule has 30 heavy (non-hydrogen) atoms. The second-order valence-electron chi connectivity index (χ2n) is 7.24. The predicted molar refractivity (Wildman–Crippen MR) is 106 cm³/mol. The Kier molecular flexibility index (Phi) is 7.79. The Bertz CT molecular complexity index is 808. The largest absolute Gasteiger partial charge is 0.511 e. The normalized spacial score (nSPS) is 18.0. The van der Waals surface area contributed by atoms with Crippen molar-refractivity contribution in [2.24, 2.45) is 11.8 Å². The minimum Gasteiger partial charge on any atom is -0.480 e. The Labute approximate surface area is 174 Å². The summed E-state index contributed by atoms with van der Waals surface area (Å²) >= 11 is 0. The molecule has 1 aromatic rings. The van der Waals surface area contributed by atoms with Crippen LogP contribution in [0.4, 0.5) is 10.5 Å². The van der Waals surface area contributed by atoms with Crippen LogP contribution in [0.25, 0.3) is 0 Å². The topological polar surface area (TPSA) is 119 Å². The molecule has 0 bridgehead atoms. The molecule has 1 aliphatic rings. The standard InChI is InChI=1S/C21H27NO8/c1-5-28-21(27)30-14(4)29-20(26)13(3)10-12(2)18(23)22-16-9-7-6-8-15(16)11-17(22)19(24)25/h6-9,12-14,17H,5,10-11H2,1-4H3,(H,24,25)/t12-,13-,14?,17+/m1/s1. The molecule has 0 radical (unpaired) electrons. The summed E-state index contributed by atoms with van der Waals surface area (Å²) in [5.41, 5.74) is 1.37. The highest BCUT2D eigenvalue weighted by Crippen LogP contribution is 2.34. The lowest BCUT2D eigenvalue weighted by atomic mass is 9.95. The molecule has 1 amide bonds. The smallest absolute Gasteiger partial charge is 0.480 e. The number of para-hydroxylation sites is 1. The van der Waals surface area contributed by atoms with Gasteiger partial charge in [0.15, 0.2) is 0 Å². The number of ether oxygens (including phenoxy) is 3. The zero-order chi connectivity index (χ0) is 22.4. The molecule has 1 unspecified atom stereocenters. The summed E-state index contributed by atoms with van der Waals surface area (Å²) in [5, 5.41) is 9.55. The number of carbonyl (C=O) groups is 4. The van der Waals surface area contributed by atoms with E-state index in [9.17, 15) is 24.3 Å². The minimum atomic E-state index is -1.13. The summed E-state index contributed by atoms with van der Waals surface area (Å²) in [6, 6.07) is 6.09. The lowest BCUT2D eigenvalue weighted by Gasteiger charge is -2.27. The van der Waals surface area contributed by atoms with Gasteiger partial charge in [0.1, 0.15) is 6.04 Å². The summed E-state index contributed by atoms with van der Waals surface area (Å²) in [5.74, 6) is -3.38. The maximum Gasteiger partial charge on any atom is 0.511 e. The van der Waals surface area contributed by atoms with E-state index < -0.39 is 42.3 Å². The second kappa shape index (κ2) is 10.1. The van der Waals surface area contributed by atoms with E-state index in [1.807, 2.05) is 0 Å². The molecule has 0 aromatic heterocycles. The van der Waals surface area contributed by atoms with E-state index in [1.54, 1.807) is 45.0 Å². The van der Waals surface area contributed by atoms with Crippen LogP contribution in [0.3, 0.4) is 0 Å². The number of nitrogens with zero attached hydrogens (tertiary/aromatic N) is 1. The van der Waals surface area contributed by atoms with E-state index in [4.69, 9.17) is 9.47 Å². The predicted octanol–water partition coefficient (Wildman–Crippen LogP) is 2.75. The molecule has 0 aliphatic carbocycles. The summed E-state index contributed by atoms with van der Waals surface area (Å²) in [6.45, 7) is 6.37. The number of benzene rings is 1. The molecule has 0 saturated heterocycles. The number of esters is 1. The van der Waals surface area contributed by atoms with Gasteiger partial charge in [-0.25, -0.2) is 9.59 Å². The Morgan fingerprint density at radius 1 is 1.10 bits per heavy atom. The Balaban J connectivity index is 1.99. The minimum absolute atomic E-state index is 0.131. The number of hydrogen-bond acceptors (Lipinski definition) is 7. The van der Waals surface area contributed by atoms with Crippen molar-refractivity contribution in [2.45, 2.75) is 52.9 Å². The first-order valence-electron chi connectivity index (χ1n) is 9.83. The van der Waals surface area contributed by atoms with Crippen LogP contribution in [0.2, 0.25) is 0 Å². The van der Waals surface area contributed by atoms with Crippen molar-refractivity contribution in [1.29, 1.82) is 0 Å². The highest BCUT2D eigenvalue weighted by atomic mass is 16.8. The molecule has 1 aromatic carbocycles. The molecular formula is C21H27NO8. The van der Waals surface area contributed by atoms with Crippen molar-refractivity contribution in [2.75, 3.05) is 11.5 Å². The van der Waals surface area contributed by atoms with Crippen molar-refractivity contribution in [3.63, 3.8) is 0 Å². The van der Waals surface area contributed by atoms with E-state index in [1.165, 1.54) is 11.8 Å². The molecule has 0 fully saturated rings. The van der Waals surface area contributed by atoms with Gasteiger partial charge in [-0.15, -0.1) is 0 Å². The molecule has 0 saturated carbocycles. The van der Waals surface area contributed by atoms with Crippen molar-refractivity contribution in [3.05, 3.63) is 29.8 Å². The third-order valence-corrected chi connectivity index (χ3v) is 4.84. The van der Waals surface area contributed by atoms with Gasteiger partial charge in [0, 0.05) is 24.9 Å².